The third kappa shape index (κ3) is 2.77. The first-order valence-corrected chi connectivity index (χ1v) is 8.39. The lowest BCUT2D eigenvalue weighted by Gasteiger charge is -2.30. The highest BCUT2D eigenvalue weighted by molar-refractivity contribution is 14.1. The van der Waals surface area contributed by atoms with Gasteiger partial charge in [0, 0.05) is 3.57 Å². The molecule has 20 heavy (non-hydrogen) atoms. The molecule has 2 aromatic rings. The Morgan fingerprint density at radius 2 is 1.75 bits per heavy atom. The van der Waals surface area contributed by atoms with Crippen LogP contribution in [0.3, 0.4) is 0 Å². The minimum atomic E-state index is 0.295. The van der Waals surface area contributed by atoms with E-state index < -0.39 is 0 Å². The van der Waals surface area contributed by atoms with Gasteiger partial charge >= 0.3 is 0 Å². The monoisotopic (exact) mass is 377 g/mol. The topological polar surface area (TPSA) is 12.0 Å². The van der Waals surface area contributed by atoms with E-state index in [0.717, 1.165) is 5.92 Å². The first-order chi connectivity index (χ1) is 9.79. The minimum absolute atomic E-state index is 0.295. The lowest BCUT2D eigenvalue weighted by molar-refractivity contribution is 0.415. The molecule has 1 N–H and O–H groups in total. The van der Waals surface area contributed by atoms with Crippen LogP contribution in [0.2, 0.25) is 0 Å². The van der Waals surface area contributed by atoms with Crippen molar-refractivity contribution < 1.29 is 0 Å². The predicted molar refractivity (Wildman–Crippen MR) is 93.1 cm³/mol. The number of hydrogen-bond donors (Lipinski definition) is 1. The van der Waals surface area contributed by atoms with Crippen molar-refractivity contribution in [1.29, 1.82) is 0 Å². The third-order valence-electron chi connectivity index (χ3n) is 4.34. The molecule has 0 spiro atoms. The van der Waals surface area contributed by atoms with Gasteiger partial charge in [-0.15, -0.1) is 0 Å². The van der Waals surface area contributed by atoms with Gasteiger partial charge in [-0.3, -0.25) is 0 Å². The largest absolute Gasteiger partial charge is 0.309 e. The smallest absolute Gasteiger partial charge is 0.0577 e. The molecular formula is C18H20IN. The number of rotatable bonds is 4. The first kappa shape index (κ1) is 14.1. The van der Waals surface area contributed by atoms with Crippen LogP contribution in [-0.2, 0) is 0 Å². The summed E-state index contributed by atoms with van der Waals surface area (Å²) >= 11 is 2.36. The summed E-state index contributed by atoms with van der Waals surface area (Å²) in [6.07, 6.45) is 4.08. The van der Waals surface area contributed by atoms with E-state index in [1.807, 2.05) is 0 Å². The molecule has 0 radical (unpaired) electrons. The summed E-state index contributed by atoms with van der Waals surface area (Å²) in [7, 11) is 2.06. The van der Waals surface area contributed by atoms with E-state index in [1.165, 1.54) is 39.5 Å². The van der Waals surface area contributed by atoms with Crippen molar-refractivity contribution in [2.24, 2.45) is 0 Å². The Kier molecular flexibility index (Phi) is 4.41. The van der Waals surface area contributed by atoms with Crippen molar-refractivity contribution in [2.75, 3.05) is 7.05 Å². The maximum Gasteiger partial charge on any atom is 0.0577 e. The lowest BCUT2D eigenvalue weighted by atomic mass is 9.76. The molecule has 0 heterocycles. The van der Waals surface area contributed by atoms with Crippen molar-refractivity contribution in [3.05, 3.63) is 68.8 Å². The van der Waals surface area contributed by atoms with Gasteiger partial charge in [0.25, 0.3) is 0 Å². The normalized spacial score (nSPS) is 16.7. The van der Waals surface area contributed by atoms with Crippen LogP contribution >= 0.6 is 22.6 Å². The molecule has 1 nitrogen and oxygen atoms in total. The molecule has 1 atom stereocenters. The van der Waals surface area contributed by atoms with Crippen LogP contribution in [0.1, 0.15) is 47.9 Å². The molecule has 0 bridgehead atoms. The Labute approximate surface area is 134 Å². The van der Waals surface area contributed by atoms with E-state index in [4.69, 9.17) is 0 Å². The molecule has 104 valence electrons. The van der Waals surface area contributed by atoms with Crippen LogP contribution in [-0.4, -0.2) is 7.05 Å². The van der Waals surface area contributed by atoms with Gasteiger partial charge in [0.15, 0.2) is 0 Å². The zero-order valence-corrected chi connectivity index (χ0v) is 13.9. The summed E-state index contributed by atoms with van der Waals surface area (Å²) < 4.78 is 1.29. The molecular weight excluding hydrogens is 357 g/mol. The van der Waals surface area contributed by atoms with E-state index in [1.54, 1.807) is 0 Å². The lowest BCUT2D eigenvalue weighted by Crippen LogP contribution is -2.21. The van der Waals surface area contributed by atoms with Crippen LogP contribution in [0.5, 0.6) is 0 Å². The predicted octanol–water partition coefficient (Wildman–Crippen LogP) is 4.87. The van der Waals surface area contributed by atoms with Crippen LogP contribution in [0.25, 0.3) is 0 Å². The summed E-state index contributed by atoms with van der Waals surface area (Å²) in [5.74, 6) is 0.769. The van der Waals surface area contributed by atoms with E-state index >= 15 is 0 Å². The maximum atomic E-state index is 3.50. The molecule has 0 saturated heterocycles. The fourth-order valence-electron chi connectivity index (χ4n) is 3.02. The van der Waals surface area contributed by atoms with Gasteiger partial charge in [0.2, 0.25) is 0 Å². The van der Waals surface area contributed by atoms with Crippen LogP contribution in [0, 0.1) is 3.57 Å². The van der Waals surface area contributed by atoms with Crippen LogP contribution in [0.4, 0.5) is 0 Å². The average Bonchev–Trinajstić information content (AvgIpc) is 2.41. The maximum absolute atomic E-state index is 3.50. The highest BCUT2D eigenvalue weighted by Crippen LogP contribution is 2.40. The first-order valence-electron chi connectivity index (χ1n) is 7.31. The molecule has 1 aliphatic carbocycles. The van der Waals surface area contributed by atoms with E-state index in [-0.39, 0.29) is 0 Å². The van der Waals surface area contributed by atoms with E-state index in [2.05, 4.69) is 83.5 Å². The second kappa shape index (κ2) is 6.27. The summed E-state index contributed by atoms with van der Waals surface area (Å²) in [5.41, 5.74) is 4.33. The van der Waals surface area contributed by atoms with Gasteiger partial charge in [0.05, 0.1) is 6.04 Å². The molecule has 3 rings (SSSR count). The molecule has 1 saturated carbocycles. The second-order valence-electron chi connectivity index (χ2n) is 5.53. The molecule has 2 heteroatoms. The van der Waals surface area contributed by atoms with Crippen molar-refractivity contribution in [3.8, 4) is 0 Å². The Hall–Kier alpha value is -0.870. The van der Waals surface area contributed by atoms with Crippen LogP contribution < -0.4 is 5.32 Å². The molecule has 1 aliphatic rings. The fraction of sp³-hybridized carbons (Fsp3) is 0.333. The summed E-state index contributed by atoms with van der Waals surface area (Å²) in [6.45, 7) is 0. The van der Waals surface area contributed by atoms with Gasteiger partial charge in [-0.25, -0.2) is 0 Å². The summed E-state index contributed by atoms with van der Waals surface area (Å²) in [4.78, 5) is 0. The highest BCUT2D eigenvalue weighted by Gasteiger charge is 2.24. The zero-order valence-electron chi connectivity index (χ0n) is 11.8. The Bertz CT molecular complexity index is 572. The van der Waals surface area contributed by atoms with Gasteiger partial charge in [-0.1, -0.05) is 42.8 Å². The van der Waals surface area contributed by atoms with Crippen molar-refractivity contribution in [2.45, 2.75) is 31.2 Å². The van der Waals surface area contributed by atoms with Crippen LogP contribution in [0.15, 0.2) is 48.5 Å². The highest BCUT2D eigenvalue weighted by atomic mass is 127. The summed E-state index contributed by atoms with van der Waals surface area (Å²) in [5, 5.41) is 3.50. The van der Waals surface area contributed by atoms with Gasteiger partial charge in [-0.05, 0) is 77.2 Å². The number of benzene rings is 2. The number of hydrogen-bond acceptors (Lipinski definition) is 1. The second-order valence-corrected chi connectivity index (χ2v) is 6.78. The molecule has 1 unspecified atom stereocenters. The van der Waals surface area contributed by atoms with Crippen molar-refractivity contribution in [3.63, 3.8) is 0 Å². The summed E-state index contributed by atoms with van der Waals surface area (Å²) in [6, 6.07) is 18.1. The van der Waals surface area contributed by atoms with Gasteiger partial charge in [0.1, 0.15) is 0 Å². The quantitative estimate of drug-likeness (QED) is 0.750. The fourth-order valence-corrected chi connectivity index (χ4v) is 3.38. The van der Waals surface area contributed by atoms with Gasteiger partial charge < -0.3 is 5.32 Å². The third-order valence-corrected chi connectivity index (χ3v) is 5.06. The molecule has 0 aromatic heterocycles. The van der Waals surface area contributed by atoms with Gasteiger partial charge in [-0.2, -0.15) is 0 Å². The standard InChI is InChI=1S/C18H20IN/c1-20-18(14-9-11-15(19)12-10-14)17-8-3-2-7-16(17)13-5-4-6-13/h2-3,7-13,18,20H,4-6H2,1H3. The molecule has 1 fully saturated rings. The van der Waals surface area contributed by atoms with E-state index in [9.17, 15) is 0 Å². The Morgan fingerprint density at radius 3 is 2.35 bits per heavy atom. The van der Waals surface area contributed by atoms with Crippen molar-refractivity contribution in [1.82, 2.24) is 5.32 Å². The SMILES string of the molecule is CNC(c1ccc(I)cc1)c1ccccc1C1CCC1. The van der Waals surface area contributed by atoms with E-state index in [0.29, 0.717) is 6.04 Å². The molecule has 0 aliphatic heterocycles. The number of halogens is 1. The zero-order chi connectivity index (χ0) is 13.9. The Morgan fingerprint density at radius 1 is 1.05 bits per heavy atom. The van der Waals surface area contributed by atoms with Crippen molar-refractivity contribution >= 4 is 22.6 Å². The average molecular weight is 377 g/mol. The molecule has 2 aromatic carbocycles. The molecule has 0 amide bonds. The number of nitrogens with one attached hydrogen (secondary N) is 1. The minimum Gasteiger partial charge on any atom is -0.309 e. The Balaban J connectivity index is 1.98.